The number of nitrogens with zero attached hydrogens (tertiary/aromatic N) is 3. The number of aliphatic hydroxyl groups excluding tert-OH is 1. The number of β-amino-alcohol motifs (C(OH)–C–C–N with tert-alkyl or cyclic N) is 1. The Morgan fingerprint density at radius 1 is 0.941 bits per heavy atom. The smallest absolute Gasteiger partial charge is 0.251 e. The lowest BCUT2D eigenvalue weighted by atomic mass is 9.49. The maximum absolute atomic E-state index is 14.1. The summed E-state index contributed by atoms with van der Waals surface area (Å²) in [6.45, 7) is 17.9. The van der Waals surface area contributed by atoms with Gasteiger partial charge in [0.05, 0.1) is 38.8 Å². The highest BCUT2D eigenvalue weighted by Crippen LogP contribution is 2.55. The molecule has 1 aliphatic carbocycles. The highest BCUT2D eigenvalue weighted by Gasteiger charge is 2.64. The topological polar surface area (TPSA) is 174 Å². The van der Waals surface area contributed by atoms with Gasteiger partial charge in [-0.3, -0.25) is 19.2 Å². The van der Waals surface area contributed by atoms with Crippen molar-refractivity contribution in [3.05, 3.63) is 105 Å². The van der Waals surface area contributed by atoms with Crippen LogP contribution < -0.4 is 20.7 Å². The Balaban J connectivity index is 0.887. The Bertz CT molecular complexity index is 2440. The molecular weight excluding hydrogens is 896 g/mol. The number of thiazole rings is 1. The molecule has 2 aliphatic rings. The van der Waals surface area contributed by atoms with Crippen molar-refractivity contribution in [1.82, 2.24) is 25.8 Å². The van der Waals surface area contributed by atoms with Crippen LogP contribution >= 0.6 is 22.9 Å². The number of carbonyl (C=O) groups is 4. The van der Waals surface area contributed by atoms with E-state index in [1.54, 1.807) is 29.5 Å². The number of unbranched alkanes of at least 4 members (excludes halogenated alkanes) is 5. The van der Waals surface area contributed by atoms with Gasteiger partial charge in [-0.05, 0) is 79.5 Å². The second kappa shape index (κ2) is 22.0. The molecule has 1 saturated heterocycles. The molecule has 4 atom stereocenters. The van der Waals surface area contributed by atoms with Crippen LogP contribution in [0.3, 0.4) is 0 Å². The molecule has 4 aromatic rings. The van der Waals surface area contributed by atoms with Gasteiger partial charge < -0.3 is 30.7 Å². The maximum atomic E-state index is 14.1. The predicted octanol–water partition coefficient (Wildman–Crippen LogP) is 9.90. The van der Waals surface area contributed by atoms with E-state index in [1.807, 2.05) is 88.7 Å². The van der Waals surface area contributed by atoms with E-state index >= 15 is 0 Å². The molecule has 6 rings (SSSR count). The lowest BCUT2D eigenvalue weighted by Gasteiger charge is -2.63. The molecule has 4 N–H and O–H groups in total. The van der Waals surface area contributed by atoms with Gasteiger partial charge in [0.25, 0.3) is 5.91 Å². The van der Waals surface area contributed by atoms with Crippen LogP contribution in [-0.4, -0.2) is 75.5 Å². The molecule has 4 amide bonds. The first kappa shape index (κ1) is 52.1. The second-order valence-corrected chi connectivity index (χ2v) is 22.3. The lowest BCUT2D eigenvalue weighted by molar-refractivity contribution is -0.164. The number of nitriles is 1. The number of rotatable bonds is 19. The number of ether oxygens (including phenoxy) is 1. The second-order valence-electron chi connectivity index (χ2n) is 21.0. The number of carbonyl (C=O) groups excluding carboxylic acids is 4. The number of benzene rings is 3. The van der Waals surface area contributed by atoms with Crippen molar-refractivity contribution in [2.75, 3.05) is 6.54 Å². The van der Waals surface area contributed by atoms with Gasteiger partial charge in [-0.2, -0.15) is 5.26 Å². The Labute approximate surface area is 411 Å². The normalized spacial score (nSPS) is 20.4. The number of aryl methyl sites for hydroxylation is 2. The standard InChI is InChI=1S/C54H69ClN6O6S/c1-33(36-22-24-37(25-23-36)45-34(2)57-32-68-45)58-48(65)43-28-40(62)31-61(43)49(66)46(52(3,4)5)59-44(63)17-15-13-11-10-12-14-16-35-18-20-38(21-19-35)47(64)60-50-53(6,7)51(54(50,8)9)67-41-27-26-39(30-56)42(55)29-41/h18-27,29,32-33,40,43,46,50-51,62H,10-17,28,31H2,1-9H3,(H,58,65)(H,59,63)(H,60,64)/t33?,40-,43+,46-,50?,51?/m1/s1. The van der Waals surface area contributed by atoms with Crippen molar-refractivity contribution in [2.24, 2.45) is 16.2 Å². The van der Waals surface area contributed by atoms with E-state index in [0.29, 0.717) is 34.7 Å². The molecule has 364 valence electrons. The van der Waals surface area contributed by atoms with Gasteiger partial charge in [-0.1, -0.05) is 122 Å². The summed E-state index contributed by atoms with van der Waals surface area (Å²) in [4.78, 5) is 61.3. The van der Waals surface area contributed by atoms with E-state index in [4.69, 9.17) is 16.3 Å². The van der Waals surface area contributed by atoms with Crippen LogP contribution in [0.1, 0.15) is 146 Å². The molecular formula is C54H69ClN6O6S. The van der Waals surface area contributed by atoms with Crippen LogP contribution in [0.2, 0.25) is 5.02 Å². The number of likely N-dealkylation sites (tertiary alicyclic amines) is 1. The van der Waals surface area contributed by atoms with E-state index in [0.717, 1.165) is 60.2 Å². The average Bonchev–Trinajstić information content (AvgIpc) is 3.91. The average molecular weight is 966 g/mol. The van der Waals surface area contributed by atoms with E-state index < -0.39 is 23.6 Å². The highest BCUT2D eigenvalue weighted by atomic mass is 35.5. The van der Waals surface area contributed by atoms with Crippen molar-refractivity contribution in [3.8, 4) is 22.3 Å². The molecule has 0 bridgehead atoms. The van der Waals surface area contributed by atoms with Crippen molar-refractivity contribution < 1.29 is 29.0 Å². The molecule has 2 fully saturated rings. The largest absolute Gasteiger partial charge is 0.489 e. The Hall–Kier alpha value is -5.29. The third-order valence-corrected chi connectivity index (χ3v) is 15.1. The monoisotopic (exact) mass is 964 g/mol. The number of hydrogen-bond acceptors (Lipinski definition) is 9. The van der Waals surface area contributed by atoms with Gasteiger partial charge in [-0.25, -0.2) is 4.98 Å². The van der Waals surface area contributed by atoms with Gasteiger partial charge in [0.1, 0.15) is 30.0 Å². The minimum atomic E-state index is -0.864. The SMILES string of the molecule is Cc1ncsc1-c1ccc(C(C)NC(=O)[C@@H]2C[C@@H](O)CN2C(=O)[C@@H](NC(=O)CCCCCCCCc2ccc(C(=O)NC3C(C)(C)C(Oc4ccc(C#N)c(Cl)c4)C3(C)C)cc2)C(C)(C)C)cc1. The summed E-state index contributed by atoms with van der Waals surface area (Å²) in [5.41, 5.74) is 5.61. The molecule has 12 nitrogen and oxygen atoms in total. The molecule has 1 aliphatic heterocycles. The Morgan fingerprint density at radius 3 is 2.19 bits per heavy atom. The first-order valence-electron chi connectivity index (χ1n) is 24.0. The quantitative estimate of drug-likeness (QED) is 0.0672. The summed E-state index contributed by atoms with van der Waals surface area (Å²) in [5, 5.41) is 29.5. The summed E-state index contributed by atoms with van der Waals surface area (Å²) in [6, 6.07) is 20.8. The molecule has 0 radical (unpaired) electrons. The molecule has 0 spiro atoms. The van der Waals surface area contributed by atoms with Gasteiger partial charge in [0, 0.05) is 47.9 Å². The fourth-order valence-electron chi connectivity index (χ4n) is 10.2. The minimum Gasteiger partial charge on any atom is -0.489 e. The third-order valence-electron chi connectivity index (χ3n) is 13.8. The van der Waals surface area contributed by atoms with Crippen molar-refractivity contribution in [2.45, 2.75) is 156 Å². The predicted molar refractivity (Wildman–Crippen MR) is 268 cm³/mol. The number of aliphatic hydroxyl groups is 1. The van der Waals surface area contributed by atoms with E-state index in [-0.39, 0.29) is 65.6 Å². The third kappa shape index (κ3) is 12.3. The van der Waals surface area contributed by atoms with Crippen molar-refractivity contribution >= 4 is 46.6 Å². The number of nitrogens with one attached hydrogen (secondary N) is 3. The molecule has 3 aromatic carbocycles. The number of halogens is 1. The minimum absolute atomic E-state index is 0.0229. The van der Waals surface area contributed by atoms with Crippen LogP contribution in [0.25, 0.3) is 10.4 Å². The molecule has 2 heterocycles. The first-order valence-corrected chi connectivity index (χ1v) is 25.2. The van der Waals surface area contributed by atoms with Crippen molar-refractivity contribution in [1.29, 1.82) is 5.26 Å². The van der Waals surface area contributed by atoms with E-state index in [2.05, 4.69) is 54.7 Å². The van der Waals surface area contributed by atoms with Gasteiger partial charge in [0.2, 0.25) is 17.7 Å². The summed E-state index contributed by atoms with van der Waals surface area (Å²) in [6.07, 6.45) is 5.99. The summed E-state index contributed by atoms with van der Waals surface area (Å²) < 4.78 is 6.37. The van der Waals surface area contributed by atoms with Crippen molar-refractivity contribution in [3.63, 3.8) is 0 Å². The zero-order valence-corrected chi connectivity index (χ0v) is 42.7. The van der Waals surface area contributed by atoms with E-state index in [9.17, 15) is 29.5 Å². The molecule has 14 heteroatoms. The Morgan fingerprint density at radius 2 is 1.59 bits per heavy atom. The van der Waals surface area contributed by atoms with Crippen LogP contribution in [0.4, 0.5) is 0 Å². The first-order chi connectivity index (χ1) is 32.1. The molecule has 1 saturated carbocycles. The van der Waals surface area contributed by atoms with Gasteiger partial charge in [-0.15, -0.1) is 11.3 Å². The van der Waals surface area contributed by atoms with Crippen LogP contribution in [-0.2, 0) is 20.8 Å². The fourth-order valence-corrected chi connectivity index (χ4v) is 11.2. The molecule has 1 unspecified atom stereocenters. The van der Waals surface area contributed by atoms with Crippen LogP contribution in [0.5, 0.6) is 5.75 Å². The number of aromatic nitrogens is 1. The Kier molecular flexibility index (Phi) is 16.8. The van der Waals surface area contributed by atoms with E-state index in [1.165, 1.54) is 10.5 Å². The zero-order valence-electron chi connectivity index (χ0n) is 41.1. The highest BCUT2D eigenvalue weighted by molar-refractivity contribution is 7.13. The zero-order chi connectivity index (χ0) is 49.6. The lowest BCUT2D eigenvalue weighted by Crippen LogP contribution is -2.74. The van der Waals surface area contributed by atoms with Crippen LogP contribution in [0.15, 0.2) is 72.2 Å². The summed E-state index contributed by atoms with van der Waals surface area (Å²) in [5.74, 6) is -0.439. The van der Waals surface area contributed by atoms with Gasteiger partial charge in [0.15, 0.2) is 0 Å². The van der Waals surface area contributed by atoms with Crippen LogP contribution in [0, 0.1) is 34.5 Å². The maximum Gasteiger partial charge on any atom is 0.251 e. The summed E-state index contributed by atoms with van der Waals surface area (Å²) in [7, 11) is 0. The number of hydrogen-bond donors (Lipinski definition) is 4. The molecule has 1 aromatic heterocycles. The number of amides is 4. The summed E-state index contributed by atoms with van der Waals surface area (Å²) >= 11 is 7.83. The molecule has 68 heavy (non-hydrogen) atoms. The fraction of sp³-hybridized carbons (Fsp3) is 0.519. The van der Waals surface area contributed by atoms with Gasteiger partial charge >= 0.3 is 0 Å².